The van der Waals surface area contributed by atoms with Crippen LogP contribution >= 0.6 is 71.5 Å². The van der Waals surface area contributed by atoms with Gasteiger partial charge in [-0.05, 0) is 49.9 Å². The fourth-order valence-corrected chi connectivity index (χ4v) is 9.52. The average molecular weight is 901 g/mol. The van der Waals surface area contributed by atoms with Crippen LogP contribution in [0, 0.1) is 0 Å². The van der Waals surface area contributed by atoms with Gasteiger partial charge in [0.25, 0.3) is 22.3 Å². The van der Waals surface area contributed by atoms with Crippen LogP contribution in [-0.2, 0) is 28.8 Å². The Balaban J connectivity index is 0.818. The number of hydrogen-bond donors (Lipinski definition) is 4. The second-order valence-corrected chi connectivity index (χ2v) is 17.7. The molecule has 2 saturated heterocycles. The number of fused-ring (bicyclic) bond motifs is 2. The van der Waals surface area contributed by atoms with Gasteiger partial charge >= 0.3 is 0 Å². The lowest BCUT2D eigenvalue weighted by Gasteiger charge is -2.14. The van der Waals surface area contributed by atoms with Crippen molar-refractivity contribution in [2.75, 3.05) is 24.6 Å². The van der Waals surface area contributed by atoms with E-state index in [1.54, 1.807) is 12.1 Å². The van der Waals surface area contributed by atoms with Crippen molar-refractivity contribution in [1.29, 1.82) is 0 Å². The molecule has 2 aliphatic heterocycles. The summed E-state index contributed by atoms with van der Waals surface area (Å²) in [5, 5.41) is 0.720. The fourth-order valence-electron chi connectivity index (χ4n) is 5.48. The summed E-state index contributed by atoms with van der Waals surface area (Å²) in [6, 6.07) is 14.6. The van der Waals surface area contributed by atoms with Crippen molar-refractivity contribution in [1.82, 2.24) is 41.5 Å². The van der Waals surface area contributed by atoms with Gasteiger partial charge in [0.05, 0.1) is 21.3 Å². The number of oxazole rings is 2. The Morgan fingerprint density at radius 2 is 0.983 bits per heavy atom. The van der Waals surface area contributed by atoms with Crippen LogP contribution in [0.4, 0.5) is 0 Å². The second-order valence-electron chi connectivity index (χ2n) is 12.6. The van der Waals surface area contributed by atoms with Gasteiger partial charge < -0.3 is 8.83 Å². The van der Waals surface area contributed by atoms with Crippen LogP contribution in [0.3, 0.4) is 0 Å². The highest BCUT2D eigenvalue weighted by atomic mass is 32.2. The number of rotatable bonds is 18. The second kappa shape index (κ2) is 21.0. The van der Waals surface area contributed by atoms with Gasteiger partial charge in [-0.15, -0.1) is 0 Å². The number of hydrogen-bond acceptors (Lipinski definition) is 16. The fraction of sp³-hybridized carbons (Fsp3) is 0.333. The highest BCUT2D eigenvalue weighted by Gasteiger charge is 2.41. The molecule has 4 aromatic rings. The minimum Gasteiger partial charge on any atom is -0.431 e. The lowest BCUT2D eigenvalue weighted by Crippen LogP contribution is -2.42. The van der Waals surface area contributed by atoms with Gasteiger partial charge in [-0.1, -0.05) is 109 Å². The molecule has 0 atom stereocenters. The summed E-state index contributed by atoms with van der Waals surface area (Å²) in [6.45, 7) is 0.659. The van der Waals surface area contributed by atoms with E-state index in [2.05, 4.69) is 31.7 Å². The summed E-state index contributed by atoms with van der Waals surface area (Å²) < 4.78 is 11.8. The monoisotopic (exact) mass is 900 g/mol. The summed E-state index contributed by atoms with van der Waals surface area (Å²) in [6.07, 6.45) is 3.80. The summed E-state index contributed by atoms with van der Waals surface area (Å²) in [7, 11) is 0. The topological polar surface area (TPSA) is 209 Å². The average Bonchev–Trinajstić information content (AvgIpc) is 3.97. The first-order valence-corrected chi connectivity index (χ1v) is 22.4. The molecule has 2 fully saturated rings. The maximum Gasteiger partial charge on any atom is 0.267 e. The third kappa shape index (κ3) is 11.8. The molecule has 16 nitrogen and oxygen atoms in total. The van der Waals surface area contributed by atoms with E-state index in [-0.39, 0.29) is 57.8 Å². The molecule has 0 bridgehead atoms. The van der Waals surface area contributed by atoms with Gasteiger partial charge in [-0.2, -0.15) is 0 Å². The van der Waals surface area contributed by atoms with Gasteiger partial charge in [0.2, 0.25) is 23.6 Å². The SMILES string of the molecule is O=C(CCCCCN1C(=O)C(=C2SC(=S)N(CCCCCC(=O)NNC(=O)CSc3nc4ccccc4o3)C2=O)SC1=S)NNC(=O)CSc1nc2ccccc2o1. The zero-order valence-corrected chi connectivity index (χ0v) is 35.5. The molecule has 2 aromatic heterocycles. The molecule has 58 heavy (non-hydrogen) atoms. The maximum atomic E-state index is 13.3. The number of unbranched alkanes of at least 4 members (excludes halogenated alkanes) is 4. The Hall–Kier alpha value is -4.48. The Labute approximate surface area is 359 Å². The summed E-state index contributed by atoms with van der Waals surface area (Å²) in [5.74, 6) is -2.17. The van der Waals surface area contributed by atoms with E-state index in [1.165, 1.54) is 9.80 Å². The smallest absolute Gasteiger partial charge is 0.267 e. The molecular weight excluding hydrogens is 865 g/mol. The van der Waals surface area contributed by atoms with Gasteiger partial charge in [0, 0.05) is 25.9 Å². The molecule has 0 saturated carbocycles. The van der Waals surface area contributed by atoms with Gasteiger partial charge in [0.1, 0.15) is 19.7 Å². The van der Waals surface area contributed by atoms with E-state index in [9.17, 15) is 28.8 Å². The van der Waals surface area contributed by atoms with Crippen molar-refractivity contribution in [3.8, 4) is 0 Å². The quantitative estimate of drug-likeness (QED) is 0.0333. The number of aromatic nitrogens is 2. The maximum absolute atomic E-state index is 13.3. The normalized spacial score (nSPS) is 15.5. The molecule has 4 N–H and O–H groups in total. The number of nitrogens with one attached hydrogen (secondary N) is 4. The van der Waals surface area contributed by atoms with Gasteiger partial charge in [0.15, 0.2) is 11.2 Å². The summed E-state index contributed by atoms with van der Waals surface area (Å²) >= 11 is 15.3. The Morgan fingerprint density at radius 1 is 0.586 bits per heavy atom. The number of benzene rings is 2. The molecule has 22 heteroatoms. The summed E-state index contributed by atoms with van der Waals surface area (Å²) in [5.41, 5.74) is 12.2. The van der Waals surface area contributed by atoms with E-state index in [1.807, 2.05) is 36.4 Å². The van der Waals surface area contributed by atoms with Crippen molar-refractivity contribution < 1.29 is 37.6 Å². The third-order valence-electron chi connectivity index (χ3n) is 8.36. The number of para-hydroxylation sites is 4. The predicted octanol–water partition coefficient (Wildman–Crippen LogP) is 5.20. The lowest BCUT2D eigenvalue weighted by atomic mass is 10.2. The molecule has 0 radical (unpaired) electrons. The standard InChI is InChI=1S/C36H36N8O8S6/c45-25(39-41-27(47)19-55-33-37-21-11-5-7-13-23(21)51-33)15-3-1-9-17-43-31(49)29(57-35(43)53)30-32(50)44(36(54)58-30)18-10-2-4-16-26(46)40-42-28(48)20-56-34-38-22-12-6-8-14-24(22)52-34/h5-8,11-14H,1-4,9-10,15-20H2,(H,39,45)(H,40,46)(H,41,47)(H,42,48). The minimum atomic E-state index is -0.404. The number of nitrogens with zero attached hydrogens (tertiary/aromatic N) is 4. The zero-order chi connectivity index (χ0) is 41.0. The number of thiocarbonyl (C=S) groups is 2. The molecule has 0 spiro atoms. The number of amides is 6. The zero-order valence-electron chi connectivity index (χ0n) is 30.6. The first-order chi connectivity index (χ1) is 28.0. The van der Waals surface area contributed by atoms with Crippen molar-refractivity contribution in [3.63, 3.8) is 0 Å². The van der Waals surface area contributed by atoms with E-state index in [0.717, 1.165) is 47.0 Å². The molecule has 6 amide bonds. The Morgan fingerprint density at radius 3 is 1.40 bits per heavy atom. The van der Waals surface area contributed by atoms with E-state index in [4.69, 9.17) is 33.3 Å². The molecule has 2 aliphatic rings. The van der Waals surface area contributed by atoms with E-state index >= 15 is 0 Å². The first kappa shape index (κ1) is 43.1. The molecule has 6 rings (SSSR count). The number of carbonyl (C=O) groups is 6. The van der Waals surface area contributed by atoms with Crippen LogP contribution in [0.1, 0.15) is 51.4 Å². The van der Waals surface area contributed by atoms with E-state index < -0.39 is 11.8 Å². The highest BCUT2D eigenvalue weighted by Crippen LogP contribution is 2.42. The number of thioether (sulfide) groups is 4. The highest BCUT2D eigenvalue weighted by molar-refractivity contribution is 8.29. The molecular formula is C36H36N8O8S6. The third-order valence-corrected chi connectivity index (χ3v) is 13.0. The summed E-state index contributed by atoms with van der Waals surface area (Å²) in [4.78, 5) is 87.4. The molecule has 0 unspecified atom stereocenters. The van der Waals surface area contributed by atoms with Crippen LogP contribution in [-0.4, -0.2) is 88.4 Å². The lowest BCUT2D eigenvalue weighted by molar-refractivity contribution is -0.127. The van der Waals surface area contributed by atoms with Gasteiger partial charge in [-0.25, -0.2) is 9.97 Å². The van der Waals surface area contributed by atoms with Crippen molar-refractivity contribution >= 4 is 138 Å². The van der Waals surface area contributed by atoms with Crippen LogP contribution in [0.5, 0.6) is 0 Å². The number of hydrazine groups is 2. The Bertz CT molecular complexity index is 2060. The van der Waals surface area contributed by atoms with Crippen molar-refractivity contribution in [3.05, 3.63) is 58.3 Å². The molecule has 304 valence electrons. The molecule has 2 aromatic carbocycles. The van der Waals surface area contributed by atoms with Crippen LogP contribution in [0.25, 0.3) is 22.2 Å². The number of carbonyl (C=O) groups excluding carboxylic acids is 6. The minimum absolute atomic E-state index is 0.0126. The van der Waals surface area contributed by atoms with Crippen LogP contribution < -0.4 is 21.7 Å². The first-order valence-electron chi connectivity index (χ1n) is 18.0. The Kier molecular flexibility index (Phi) is 15.6. The van der Waals surface area contributed by atoms with Gasteiger partial charge in [-0.3, -0.25) is 60.3 Å². The van der Waals surface area contributed by atoms with Crippen LogP contribution in [0.15, 0.2) is 77.6 Å². The van der Waals surface area contributed by atoms with E-state index in [0.29, 0.717) is 92.9 Å². The van der Waals surface area contributed by atoms with Crippen molar-refractivity contribution in [2.45, 2.75) is 61.8 Å². The molecule has 0 aliphatic carbocycles. The predicted molar refractivity (Wildman–Crippen MR) is 230 cm³/mol. The molecule has 4 heterocycles. The largest absolute Gasteiger partial charge is 0.431 e. The van der Waals surface area contributed by atoms with Crippen molar-refractivity contribution in [2.24, 2.45) is 0 Å². The van der Waals surface area contributed by atoms with Crippen LogP contribution in [0.2, 0.25) is 0 Å².